The fraction of sp³-hybridized carbons (Fsp3) is 0.625. The van der Waals surface area contributed by atoms with E-state index in [4.69, 9.17) is 0 Å². The van der Waals surface area contributed by atoms with E-state index in [1.165, 1.54) is 24.8 Å². The monoisotopic (exact) mass is 262 g/mol. The number of halogens is 1. The molecule has 2 aliphatic rings. The third-order valence-electron chi connectivity index (χ3n) is 4.73. The minimum absolute atomic E-state index is 0.144. The normalized spacial score (nSPS) is 29.2. The van der Waals surface area contributed by atoms with Crippen LogP contribution in [0.3, 0.4) is 0 Å². The highest BCUT2D eigenvalue weighted by Gasteiger charge is 2.35. The Hall–Kier alpha value is -0.930. The van der Waals surface area contributed by atoms with Crippen molar-refractivity contribution in [3.63, 3.8) is 0 Å². The first-order valence-electron chi connectivity index (χ1n) is 7.46. The van der Waals surface area contributed by atoms with Crippen LogP contribution in [0.25, 0.3) is 0 Å². The van der Waals surface area contributed by atoms with Crippen molar-refractivity contribution >= 4 is 0 Å². The maximum atomic E-state index is 13.0. The van der Waals surface area contributed by atoms with E-state index in [2.05, 4.69) is 17.1 Å². The summed E-state index contributed by atoms with van der Waals surface area (Å²) in [5.74, 6) is 0.330. The average molecular weight is 262 g/mol. The van der Waals surface area contributed by atoms with Crippen molar-refractivity contribution in [3.05, 3.63) is 35.6 Å². The Bertz CT molecular complexity index is 403. The Kier molecular flexibility index (Phi) is 3.85. The lowest BCUT2D eigenvalue weighted by Crippen LogP contribution is -2.40. The van der Waals surface area contributed by atoms with Gasteiger partial charge in [-0.2, -0.15) is 0 Å². The number of nitrogens with zero attached hydrogens (tertiary/aromatic N) is 1. The van der Waals surface area contributed by atoms with E-state index in [9.17, 15) is 4.39 Å². The van der Waals surface area contributed by atoms with E-state index in [-0.39, 0.29) is 5.82 Å². The minimum atomic E-state index is -0.144. The molecule has 0 aromatic heterocycles. The van der Waals surface area contributed by atoms with Gasteiger partial charge in [0, 0.05) is 25.2 Å². The first kappa shape index (κ1) is 13.1. The summed E-state index contributed by atoms with van der Waals surface area (Å²) in [7, 11) is 0. The summed E-state index contributed by atoms with van der Waals surface area (Å²) in [5.41, 5.74) is 1.25. The van der Waals surface area contributed by atoms with Crippen LogP contribution in [0.1, 0.15) is 37.7 Å². The first-order valence-corrected chi connectivity index (χ1v) is 7.46. The van der Waals surface area contributed by atoms with Crippen molar-refractivity contribution in [2.24, 2.45) is 0 Å². The fourth-order valence-electron chi connectivity index (χ4n) is 3.59. The third kappa shape index (κ3) is 2.82. The standard InChI is InChI=1S/C16H23FN2/c1-12(13-2-4-14(17)5-3-13)11-19-15-6-7-16(19)10-18-9-8-15/h2-5,12,15-16,18H,6-11H2,1H3. The minimum Gasteiger partial charge on any atom is -0.315 e. The van der Waals surface area contributed by atoms with Gasteiger partial charge < -0.3 is 5.32 Å². The van der Waals surface area contributed by atoms with E-state index in [1.807, 2.05) is 12.1 Å². The molecule has 0 amide bonds. The molecule has 0 radical (unpaired) electrons. The highest BCUT2D eigenvalue weighted by atomic mass is 19.1. The van der Waals surface area contributed by atoms with E-state index in [0.717, 1.165) is 25.7 Å². The molecule has 2 heterocycles. The summed E-state index contributed by atoms with van der Waals surface area (Å²) in [4.78, 5) is 2.69. The Morgan fingerprint density at radius 1 is 1.21 bits per heavy atom. The average Bonchev–Trinajstić information content (AvgIpc) is 2.63. The van der Waals surface area contributed by atoms with Crippen LogP contribution < -0.4 is 5.32 Å². The second kappa shape index (κ2) is 5.59. The molecule has 2 saturated heterocycles. The Morgan fingerprint density at radius 2 is 1.95 bits per heavy atom. The van der Waals surface area contributed by atoms with Crippen molar-refractivity contribution in [2.45, 2.75) is 44.2 Å². The quantitative estimate of drug-likeness (QED) is 0.901. The molecule has 19 heavy (non-hydrogen) atoms. The summed E-state index contributed by atoms with van der Waals surface area (Å²) >= 11 is 0. The molecule has 2 nitrogen and oxygen atoms in total. The van der Waals surface area contributed by atoms with Gasteiger partial charge in [-0.25, -0.2) is 4.39 Å². The molecule has 2 bridgehead atoms. The fourth-order valence-corrected chi connectivity index (χ4v) is 3.59. The zero-order valence-electron chi connectivity index (χ0n) is 11.6. The second-order valence-electron chi connectivity index (χ2n) is 6.03. The van der Waals surface area contributed by atoms with Crippen LogP contribution in [0.2, 0.25) is 0 Å². The van der Waals surface area contributed by atoms with Gasteiger partial charge in [0.1, 0.15) is 5.82 Å². The van der Waals surface area contributed by atoms with Crippen molar-refractivity contribution in [1.82, 2.24) is 10.2 Å². The summed E-state index contributed by atoms with van der Waals surface area (Å²) in [6, 6.07) is 8.46. The molecule has 3 heteroatoms. The molecule has 1 aromatic rings. The zero-order valence-corrected chi connectivity index (χ0v) is 11.6. The molecule has 3 unspecified atom stereocenters. The topological polar surface area (TPSA) is 15.3 Å². The van der Waals surface area contributed by atoms with Gasteiger partial charge in [-0.1, -0.05) is 19.1 Å². The predicted molar refractivity (Wildman–Crippen MR) is 75.8 cm³/mol. The number of nitrogens with one attached hydrogen (secondary N) is 1. The number of benzene rings is 1. The van der Waals surface area contributed by atoms with E-state index < -0.39 is 0 Å². The van der Waals surface area contributed by atoms with Gasteiger partial charge in [0.25, 0.3) is 0 Å². The van der Waals surface area contributed by atoms with E-state index >= 15 is 0 Å². The van der Waals surface area contributed by atoms with Crippen LogP contribution in [0.4, 0.5) is 4.39 Å². The highest BCUT2D eigenvalue weighted by Crippen LogP contribution is 2.30. The lowest BCUT2D eigenvalue weighted by molar-refractivity contribution is 0.192. The van der Waals surface area contributed by atoms with Crippen LogP contribution in [0.15, 0.2) is 24.3 Å². The Morgan fingerprint density at radius 3 is 2.74 bits per heavy atom. The molecule has 2 fully saturated rings. The largest absolute Gasteiger partial charge is 0.315 e. The van der Waals surface area contributed by atoms with Crippen molar-refractivity contribution in [3.8, 4) is 0 Å². The molecule has 104 valence electrons. The molecule has 0 spiro atoms. The molecular formula is C16H23FN2. The molecule has 0 saturated carbocycles. The molecule has 3 rings (SSSR count). The molecular weight excluding hydrogens is 239 g/mol. The summed E-state index contributed by atoms with van der Waals surface area (Å²) in [6.45, 7) is 5.64. The maximum absolute atomic E-state index is 13.0. The number of hydrogen-bond acceptors (Lipinski definition) is 2. The van der Waals surface area contributed by atoms with Crippen LogP contribution in [0.5, 0.6) is 0 Å². The number of hydrogen-bond donors (Lipinski definition) is 1. The Balaban J connectivity index is 1.68. The van der Waals surface area contributed by atoms with Crippen LogP contribution in [0, 0.1) is 5.82 Å². The Labute approximate surface area is 115 Å². The molecule has 2 aliphatic heterocycles. The highest BCUT2D eigenvalue weighted by molar-refractivity contribution is 5.20. The predicted octanol–water partition coefficient (Wildman–Crippen LogP) is 2.76. The summed E-state index contributed by atoms with van der Waals surface area (Å²) in [5, 5.41) is 3.54. The molecule has 1 aromatic carbocycles. The van der Waals surface area contributed by atoms with Gasteiger partial charge in [-0.05, 0) is 49.4 Å². The number of rotatable bonds is 3. The van der Waals surface area contributed by atoms with Gasteiger partial charge in [0.2, 0.25) is 0 Å². The lowest BCUT2D eigenvalue weighted by Gasteiger charge is -2.30. The van der Waals surface area contributed by atoms with Gasteiger partial charge in [0.05, 0.1) is 0 Å². The maximum Gasteiger partial charge on any atom is 0.123 e. The van der Waals surface area contributed by atoms with Gasteiger partial charge >= 0.3 is 0 Å². The van der Waals surface area contributed by atoms with Crippen LogP contribution >= 0.6 is 0 Å². The van der Waals surface area contributed by atoms with Crippen molar-refractivity contribution < 1.29 is 4.39 Å². The molecule has 3 atom stereocenters. The van der Waals surface area contributed by atoms with Gasteiger partial charge in [-0.3, -0.25) is 4.90 Å². The zero-order chi connectivity index (χ0) is 13.2. The van der Waals surface area contributed by atoms with Gasteiger partial charge in [0.15, 0.2) is 0 Å². The first-order chi connectivity index (χ1) is 9.24. The van der Waals surface area contributed by atoms with Crippen LogP contribution in [-0.2, 0) is 0 Å². The smallest absolute Gasteiger partial charge is 0.123 e. The lowest BCUT2D eigenvalue weighted by atomic mass is 9.99. The van der Waals surface area contributed by atoms with Crippen LogP contribution in [-0.4, -0.2) is 36.6 Å². The third-order valence-corrected chi connectivity index (χ3v) is 4.73. The second-order valence-corrected chi connectivity index (χ2v) is 6.03. The van der Waals surface area contributed by atoms with E-state index in [1.54, 1.807) is 12.1 Å². The molecule has 1 N–H and O–H groups in total. The molecule has 0 aliphatic carbocycles. The number of fused-ring (bicyclic) bond motifs is 2. The SMILES string of the molecule is CC(CN1C2CCNCC1CC2)c1ccc(F)cc1. The summed E-state index contributed by atoms with van der Waals surface area (Å²) < 4.78 is 13.0. The van der Waals surface area contributed by atoms with Gasteiger partial charge in [-0.15, -0.1) is 0 Å². The van der Waals surface area contributed by atoms with Crippen molar-refractivity contribution in [2.75, 3.05) is 19.6 Å². The van der Waals surface area contributed by atoms with Crippen molar-refractivity contribution in [1.29, 1.82) is 0 Å². The summed E-state index contributed by atoms with van der Waals surface area (Å²) in [6.07, 6.45) is 3.95. The van der Waals surface area contributed by atoms with E-state index in [0.29, 0.717) is 12.0 Å².